The van der Waals surface area contributed by atoms with Crippen molar-refractivity contribution in [1.29, 1.82) is 0 Å². The van der Waals surface area contributed by atoms with Gasteiger partial charge < -0.3 is 20.3 Å². The number of hydrogen-bond donors (Lipinski definition) is 2. The molecule has 8 heteroatoms. The minimum absolute atomic E-state index is 0.00227. The Morgan fingerprint density at radius 3 is 2.88 bits per heavy atom. The van der Waals surface area contributed by atoms with E-state index in [1.165, 1.54) is 0 Å². The quantitative estimate of drug-likeness (QED) is 0.824. The highest BCUT2D eigenvalue weighted by atomic mass is 16.5. The lowest BCUT2D eigenvalue weighted by atomic mass is 10.1. The molecule has 2 aliphatic rings. The first-order valence-corrected chi connectivity index (χ1v) is 9.50. The highest BCUT2D eigenvalue weighted by molar-refractivity contribution is 5.78. The third-order valence-electron chi connectivity index (χ3n) is 4.85. The van der Waals surface area contributed by atoms with E-state index in [1.54, 1.807) is 0 Å². The van der Waals surface area contributed by atoms with Crippen molar-refractivity contribution in [3.05, 3.63) is 17.5 Å². The number of carbonyl (C=O) groups is 2. The van der Waals surface area contributed by atoms with Crippen LogP contribution in [0, 0.1) is 5.92 Å². The first kappa shape index (κ1) is 18.7. The zero-order valence-corrected chi connectivity index (χ0v) is 15.7. The second-order valence-corrected chi connectivity index (χ2v) is 7.32. The van der Waals surface area contributed by atoms with Crippen molar-refractivity contribution in [2.24, 2.45) is 5.92 Å². The molecule has 0 spiro atoms. The van der Waals surface area contributed by atoms with E-state index in [1.807, 2.05) is 29.5 Å². The van der Waals surface area contributed by atoms with Crippen LogP contribution in [0.15, 0.2) is 6.07 Å². The molecule has 1 saturated heterocycles. The summed E-state index contributed by atoms with van der Waals surface area (Å²) in [5.74, 6) is 0.170. The number of aromatic nitrogens is 2. The van der Waals surface area contributed by atoms with Gasteiger partial charge in [0.05, 0.1) is 37.1 Å². The van der Waals surface area contributed by atoms with Crippen molar-refractivity contribution in [3.8, 4) is 0 Å². The molecule has 1 aromatic heterocycles. The van der Waals surface area contributed by atoms with E-state index in [4.69, 9.17) is 4.74 Å². The summed E-state index contributed by atoms with van der Waals surface area (Å²) in [5, 5.41) is 10.2. The standard InChI is InChI=1S/C18H29N5O3/c1-13(2)17(24)22-6-7-23-15(12-22)9-14(21-23)10-19-18(25)20-11-16-5-3-4-8-26-16/h9,13,16H,3-8,10-12H2,1-2H3,(H2,19,20,25)/t16-/m1/s1. The lowest BCUT2D eigenvalue weighted by molar-refractivity contribution is -0.136. The van der Waals surface area contributed by atoms with Crippen LogP contribution in [0.4, 0.5) is 4.79 Å². The third kappa shape index (κ3) is 4.75. The van der Waals surface area contributed by atoms with Gasteiger partial charge in [-0.05, 0) is 25.3 Å². The van der Waals surface area contributed by atoms with Gasteiger partial charge in [0, 0.05) is 25.6 Å². The highest BCUT2D eigenvalue weighted by Gasteiger charge is 2.24. The van der Waals surface area contributed by atoms with E-state index >= 15 is 0 Å². The van der Waals surface area contributed by atoms with E-state index in [2.05, 4.69) is 15.7 Å². The van der Waals surface area contributed by atoms with E-state index in [0.29, 0.717) is 32.7 Å². The Morgan fingerprint density at radius 1 is 1.31 bits per heavy atom. The van der Waals surface area contributed by atoms with Crippen LogP contribution >= 0.6 is 0 Å². The second kappa shape index (κ2) is 8.53. The first-order chi connectivity index (χ1) is 12.5. The van der Waals surface area contributed by atoms with Gasteiger partial charge in [-0.25, -0.2) is 4.79 Å². The smallest absolute Gasteiger partial charge is 0.315 e. The summed E-state index contributed by atoms with van der Waals surface area (Å²) < 4.78 is 7.53. The van der Waals surface area contributed by atoms with Crippen LogP contribution in [0.3, 0.4) is 0 Å². The molecule has 0 radical (unpaired) electrons. The zero-order chi connectivity index (χ0) is 18.5. The second-order valence-electron chi connectivity index (χ2n) is 7.32. The van der Waals surface area contributed by atoms with E-state index in [0.717, 1.165) is 37.3 Å². The van der Waals surface area contributed by atoms with Crippen LogP contribution < -0.4 is 10.6 Å². The van der Waals surface area contributed by atoms with Gasteiger partial charge in [-0.1, -0.05) is 13.8 Å². The summed E-state index contributed by atoms with van der Waals surface area (Å²) in [5.41, 5.74) is 1.82. The fraction of sp³-hybridized carbons (Fsp3) is 0.722. The molecule has 3 amide bonds. The summed E-state index contributed by atoms with van der Waals surface area (Å²) in [6, 6.07) is 1.76. The van der Waals surface area contributed by atoms with E-state index in [9.17, 15) is 9.59 Å². The average Bonchev–Trinajstić information content (AvgIpc) is 3.07. The molecule has 144 valence electrons. The SMILES string of the molecule is CC(C)C(=O)N1CCn2nc(CNC(=O)NC[C@H]3CCCCO3)cc2C1. The fourth-order valence-electron chi connectivity index (χ4n) is 3.37. The summed E-state index contributed by atoms with van der Waals surface area (Å²) >= 11 is 0. The van der Waals surface area contributed by atoms with Gasteiger partial charge in [0.2, 0.25) is 5.91 Å². The molecule has 3 rings (SSSR count). The predicted octanol–water partition coefficient (Wildman–Crippen LogP) is 1.25. The number of amides is 3. The van der Waals surface area contributed by atoms with Gasteiger partial charge in [0.25, 0.3) is 0 Å². The molecular weight excluding hydrogens is 334 g/mol. The lowest BCUT2D eigenvalue weighted by Crippen LogP contribution is -2.41. The van der Waals surface area contributed by atoms with Gasteiger partial charge in [0.15, 0.2) is 0 Å². The Labute approximate surface area is 154 Å². The molecule has 3 heterocycles. The van der Waals surface area contributed by atoms with Crippen molar-refractivity contribution >= 4 is 11.9 Å². The Bertz CT molecular complexity index is 637. The van der Waals surface area contributed by atoms with Gasteiger partial charge in [-0.2, -0.15) is 5.10 Å². The number of ether oxygens (including phenoxy) is 1. The van der Waals surface area contributed by atoms with Crippen molar-refractivity contribution in [2.45, 2.75) is 58.8 Å². The summed E-state index contributed by atoms with van der Waals surface area (Å²) in [4.78, 5) is 26.0. The van der Waals surface area contributed by atoms with Gasteiger partial charge in [-0.3, -0.25) is 9.48 Å². The molecule has 0 aliphatic carbocycles. The lowest BCUT2D eigenvalue weighted by Gasteiger charge is -2.29. The topological polar surface area (TPSA) is 88.5 Å². The molecule has 0 bridgehead atoms. The summed E-state index contributed by atoms with van der Waals surface area (Å²) in [7, 11) is 0. The molecule has 8 nitrogen and oxygen atoms in total. The van der Waals surface area contributed by atoms with Crippen LogP contribution in [0.5, 0.6) is 0 Å². The fourth-order valence-corrected chi connectivity index (χ4v) is 3.37. The molecule has 2 aliphatic heterocycles. The van der Waals surface area contributed by atoms with Crippen LogP contribution in [0.25, 0.3) is 0 Å². The number of nitrogens with one attached hydrogen (secondary N) is 2. The summed E-state index contributed by atoms with van der Waals surface area (Å²) in [6.45, 7) is 7.48. The maximum atomic E-state index is 12.2. The van der Waals surface area contributed by atoms with Crippen LogP contribution in [0.2, 0.25) is 0 Å². The number of hydrogen-bond acceptors (Lipinski definition) is 4. The molecule has 0 unspecified atom stereocenters. The largest absolute Gasteiger partial charge is 0.376 e. The number of urea groups is 1. The Kier molecular flexibility index (Phi) is 6.13. The maximum Gasteiger partial charge on any atom is 0.315 e. The monoisotopic (exact) mass is 363 g/mol. The first-order valence-electron chi connectivity index (χ1n) is 9.50. The highest BCUT2D eigenvalue weighted by Crippen LogP contribution is 2.16. The van der Waals surface area contributed by atoms with Gasteiger partial charge in [-0.15, -0.1) is 0 Å². The van der Waals surface area contributed by atoms with E-state index < -0.39 is 0 Å². The number of nitrogens with zero attached hydrogens (tertiary/aromatic N) is 3. The number of fused-ring (bicyclic) bond motifs is 1. The minimum Gasteiger partial charge on any atom is -0.376 e. The summed E-state index contributed by atoms with van der Waals surface area (Å²) in [6.07, 6.45) is 3.39. The van der Waals surface area contributed by atoms with Gasteiger partial charge in [0.1, 0.15) is 0 Å². The molecule has 1 atom stereocenters. The third-order valence-corrected chi connectivity index (χ3v) is 4.85. The normalized spacial score (nSPS) is 20.0. The molecule has 0 saturated carbocycles. The van der Waals surface area contributed by atoms with Crippen molar-refractivity contribution in [3.63, 3.8) is 0 Å². The van der Waals surface area contributed by atoms with Crippen LogP contribution in [-0.2, 0) is 29.2 Å². The number of rotatable bonds is 5. The maximum absolute atomic E-state index is 12.2. The molecular formula is C18H29N5O3. The Balaban J connectivity index is 1.45. The molecule has 0 aromatic carbocycles. The van der Waals surface area contributed by atoms with Crippen LogP contribution in [0.1, 0.15) is 44.5 Å². The number of carbonyl (C=O) groups excluding carboxylic acids is 2. The molecule has 1 aromatic rings. The Morgan fingerprint density at radius 2 is 2.15 bits per heavy atom. The van der Waals surface area contributed by atoms with Gasteiger partial charge >= 0.3 is 6.03 Å². The van der Waals surface area contributed by atoms with Crippen molar-refractivity contribution < 1.29 is 14.3 Å². The Hall–Kier alpha value is -2.09. The molecule has 26 heavy (non-hydrogen) atoms. The predicted molar refractivity (Wildman–Crippen MR) is 96.3 cm³/mol. The zero-order valence-electron chi connectivity index (χ0n) is 15.7. The molecule has 2 N–H and O–H groups in total. The van der Waals surface area contributed by atoms with Crippen molar-refractivity contribution in [1.82, 2.24) is 25.3 Å². The molecule has 1 fully saturated rings. The van der Waals surface area contributed by atoms with Crippen LogP contribution in [-0.4, -0.2) is 52.4 Å². The minimum atomic E-state index is -0.207. The van der Waals surface area contributed by atoms with E-state index in [-0.39, 0.29) is 24.0 Å². The van der Waals surface area contributed by atoms with Crippen molar-refractivity contribution in [2.75, 3.05) is 19.7 Å². The average molecular weight is 363 g/mol.